The minimum Gasteiger partial charge on any atom is -0.394 e. The van der Waals surface area contributed by atoms with Crippen LogP contribution in [-0.2, 0) is 17.8 Å². The summed E-state index contributed by atoms with van der Waals surface area (Å²) in [5, 5.41) is 17.4. The van der Waals surface area contributed by atoms with Gasteiger partial charge in [-0.1, -0.05) is 0 Å². The van der Waals surface area contributed by atoms with Gasteiger partial charge in [0.15, 0.2) is 5.65 Å². The predicted molar refractivity (Wildman–Crippen MR) is 93.9 cm³/mol. The van der Waals surface area contributed by atoms with Gasteiger partial charge in [-0.05, 0) is 30.2 Å². The Kier molecular flexibility index (Phi) is 3.81. The Morgan fingerprint density at radius 1 is 1.36 bits per heavy atom. The highest BCUT2D eigenvalue weighted by atomic mass is 16.3. The molecule has 0 fully saturated rings. The molecule has 4 rings (SSSR count). The Labute approximate surface area is 144 Å². The molecule has 8 heteroatoms. The minimum absolute atomic E-state index is 0.00101. The molecule has 1 aliphatic heterocycles. The summed E-state index contributed by atoms with van der Waals surface area (Å²) >= 11 is 0. The Balaban J connectivity index is 1.65. The fraction of sp³-hybridized carbons (Fsp3) is 0.294. The van der Waals surface area contributed by atoms with Crippen LogP contribution in [0.4, 0.5) is 17.2 Å². The monoisotopic (exact) mass is 338 g/mol. The van der Waals surface area contributed by atoms with Crippen molar-refractivity contribution in [2.45, 2.75) is 19.9 Å². The summed E-state index contributed by atoms with van der Waals surface area (Å²) in [6.07, 6.45) is 4.02. The molecule has 1 amide bonds. The maximum atomic E-state index is 11.7. The molecule has 0 aliphatic carbocycles. The van der Waals surface area contributed by atoms with Gasteiger partial charge in [-0.15, -0.1) is 0 Å². The molecule has 1 aliphatic rings. The van der Waals surface area contributed by atoms with E-state index in [2.05, 4.69) is 20.4 Å². The van der Waals surface area contributed by atoms with Crippen LogP contribution in [0.25, 0.3) is 11.0 Å². The van der Waals surface area contributed by atoms with E-state index in [4.69, 9.17) is 5.11 Å². The normalized spacial score (nSPS) is 13.3. The Morgan fingerprint density at radius 2 is 2.24 bits per heavy atom. The van der Waals surface area contributed by atoms with E-state index in [9.17, 15) is 4.79 Å². The van der Waals surface area contributed by atoms with Crippen LogP contribution < -0.4 is 10.2 Å². The second-order valence-corrected chi connectivity index (χ2v) is 5.94. The summed E-state index contributed by atoms with van der Waals surface area (Å²) in [5.74, 6) is 0.726. The number of carbonyl (C=O) groups is 1. The van der Waals surface area contributed by atoms with E-state index in [1.807, 2.05) is 18.2 Å². The van der Waals surface area contributed by atoms with E-state index in [-0.39, 0.29) is 12.5 Å². The van der Waals surface area contributed by atoms with Gasteiger partial charge in [-0.2, -0.15) is 5.10 Å². The highest BCUT2D eigenvalue weighted by Gasteiger charge is 2.22. The number of hydrogen-bond acceptors (Lipinski definition) is 6. The highest BCUT2D eigenvalue weighted by molar-refractivity contribution is 5.94. The number of aliphatic hydroxyl groups is 1. The van der Waals surface area contributed by atoms with Gasteiger partial charge in [-0.3, -0.25) is 4.79 Å². The lowest BCUT2D eigenvalue weighted by Gasteiger charge is -2.15. The Bertz CT molecular complexity index is 951. The molecule has 2 aromatic heterocycles. The molecule has 3 aromatic rings. The summed E-state index contributed by atoms with van der Waals surface area (Å²) in [7, 11) is 0. The first-order valence-electron chi connectivity index (χ1n) is 8.13. The summed E-state index contributed by atoms with van der Waals surface area (Å²) in [6, 6.07) is 5.94. The number of aromatic nitrogens is 4. The van der Waals surface area contributed by atoms with Gasteiger partial charge in [0, 0.05) is 24.8 Å². The van der Waals surface area contributed by atoms with Crippen LogP contribution >= 0.6 is 0 Å². The number of rotatable bonds is 4. The lowest BCUT2D eigenvalue weighted by atomic mass is 10.1. The van der Waals surface area contributed by atoms with Crippen molar-refractivity contribution in [1.82, 2.24) is 19.7 Å². The number of hydrogen-bond donors (Lipinski definition) is 2. The van der Waals surface area contributed by atoms with Crippen molar-refractivity contribution in [2.75, 3.05) is 23.4 Å². The third-order valence-electron chi connectivity index (χ3n) is 4.36. The van der Waals surface area contributed by atoms with Crippen molar-refractivity contribution in [3.63, 3.8) is 0 Å². The van der Waals surface area contributed by atoms with Crippen LogP contribution in [-0.4, -0.2) is 43.9 Å². The van der Waals surface area contributed by atoms with Crippen LogP contribution in [0.1, 0.15) is 12.5 Å². The number of nitrogens with one attached hydrogen (secondary N) is 1. The SMILES string of the molecule is CC(=O)N1CCc2cc(Nc3ncnc4c3cnn4CCO)ccc21. The molecule has 0 atom stereocenters. The molecule has 0 radical (unpaired) electrons. The largest absolute Gasteiger partial charge is 0.394 e. The number of benzene rings is 1. The van der Waals surface area contributed by atoms with Gasteiger partial charge in [0.05, 0.1) is 24.7 Å². The molecule has 8 nitrogen and oxygen atoms in total. The van der Waals surface area contributed by atoms with Crippen molar-refractivity contribution in [1.29, 1.82) is 0 Å². The molecule has 25 heavy (non-hydrogen) atoms. The smallest absolute Gasteiger partial charge is 0.223 e. The number of fused-ring (bicyclic) bond motifs is 2. The zero-order valence-corrected chi connectivity index (χ0v) is 13.8. The number of carbonyl (C=O) groups excluding carboxylic acids is 1. The zero-order chi connectivity index (χ0) is 17.4. The third kappa shape index (κ3) is 2.70. The van der Waals surface area contributed by atoms with Crippen molar-refractivity contribution >= 4 is 34.1 Å². The second kappa shape index (κ2) is 6.14. The van der Waals surface area contributed by atoms with Gasteiger partial charge in [0.2, 0.25) is 5.91 Å². The van der Waals surface area contributed by atoms with Crippen LogP contribution in [0.15, 0.2) is 30.7 Å². The van der Waals surface area contributed by atoms with Gasteiger partial charge < -0.3 is 15.3 Å². The molecular formula is C17H18N6O2. The summed E-state index contributed by atoms with van der Waals surface area (Å²) < 4.78 is 1.65. The Hall–Kier alpha value is -3.00. The van der Waals surface area contributed by atoms with Crippen LogP contribution in [0.3, 0.4) is 0 Å². The quantitative estimate of drug-likeness (QED) is 0.748. The first-order valence-corrected chi connectivity index (χ1v) is 8.13. The minimum atomic E-state index is 0.00101. The fourth-order valence-corrected chi connectivity index (χ4v) is 3.19. The first kappa shape index (κ1) is 15.5. The lowest BCUT2D eigenvalue weighted by molar-refractivity contribution is -0.116. The van der Waals surface area contributed by atoms with E-state index in [0.717, 1.165) is 35.3 Å². The average molecular weight is 338 g/mol. The molecule has 3 heterocycles. The summed E-state index contributed by atoms with van der Waals surface area (Å²) in [4.78, 5) is 22.0. The van der Waals surface area contributed by atoms with Gasteiger partial charge >= 0.3 is 0 Å². The molecule has 128 valence electrons. The maximum Gasteiger partial charge on any atom is 0.223 e. The van der Waals surface area contributed by atoms with Crippen LogP contribution in [0.5, 0.6) is 0 Å². The van der Waals surface area contributed by atoms with Crippen molar-refractivity contribution in [2.24, 2.45) is 0 Å². The molecule has 1 aromatic carbocycles. The number of aliphatic hydroxyl groups excluding tert-OH is 1. The zero-order valence-electron chi connectivity index (χ0n) is 13.8. The molecule has 0 bridgehead atoms. The van der Waals surface area contributed by atoms with E-state index in [1.165, 1.54) is 6.33 Å². The predicted octanol–water partition coefficient (Wildman–Crippen LogP) is 1.47. The molecule has 0 spiro atoms. The molecule has 2 N–H and O–H groups in total. The molecule has 0 unspecified atom stereocenters. The Morgan fingerprint density at radius 3 is 3.04 bits per heavy atom. The molecular weight excluding hydrogens is 320 g/mol. The summed E-state index contributed by atoms with van der Waals surface area (Å²) in [6.45, 7) is 2.70. The molecule has 0 saturated carbocycles. The van der Waals surface area contributed by atoms with Gasteiger partial charge in [0.25, 0.3) is 0 Å². The topological polar surface area (TPSA) is 96.2 Å². The highest BCUT2D eigenvalue weighted by Crippen LogP contribution is 2.32. The van der Waals surface area contributed by atoms with Gasteiger partial charge in [0.1, 0.15) is 12.1 Å². The number of amides is 1. The standard InChI is InChI=1S/C17H18N6O2/c1-11(25)22-5-4-12-8-13(2-3-15(12)22)21-16-14-9-20-23(6-7-24)17(14)19-10-18-16/h2-3,8-10,24H,4-7H2,1H3,(H,18,19,21). The van der Waals surface area contributed by atoms with Gasteiger partial charge in [-0.25, -0.2) is 14.6 Å². The van der Waals surface area contributed by atoms with Crippen molar-refractivity contribution in [3.05, 3.63) is 36.3 Å². The number of nitrogens with zero attached hydrogens (tertiary/aromatic N) is 5. The van der Waals surface area contributed by atoms with Crippen molar-refractivity contribution < 1.29 is 9.90 Å². The molecule has 0 saturated heterocycles. The third-order valence-corrected chi connectivity index (χ3v) is 4.36. The van der Waals surface area contributed by atoms with Crippen LogP contribution in [0.2, 0.25) is 0 Å². The fourth-order valence-electron chi connectivity index (χ4n) is 3.19. The van der Waals surface area contributed by atoms with E-state index in [1.54, 1.807) is 22.7 Å². The summed E-state index contributed by atoms with van der Waals surface area (Å²) in [5.41, 5.74) is 3.69. The number of anilines is 3. The first-order chi connectivity index (χ1) is 12.2. The van der Waals surface area contributed by atoms with E-state index >= 15 is 0 Å². The van der Waals surface area contributed by atoms with Crippen molar-refractivity contribution in [3.8, 4) is 0 Å². The van der Waals surface area contributed by atoms with Crippen LogP contribution in [0, 0.1) is 0 Å². The van der Waals surface area contributed by atoms with E-state index in [0.29, 0.717) is 18.0 Å². The lowest BCUT2D eigenvalue weighted by Crippen LogP contribution is -2.25. The maximum absolute atomic E-state index is 11.7. The average Bonchev–Trinajstić information content (AvgIpc) is 3.20. The second-order valence-electron chi connectivity index (χ2n) is 5.94. The van der Waals surface area contributed by atoms with E-state index < -0.39 is 0 Å².